The highest BCUT2D eigenvalue weighted by molar-refractivity contribution is 6.30. The van der Waals surface area contributed by atoms with E-state index in [0.717, 1.165) is 29.6 Å². The molecule has 1 aromatic rings. The van der Waals surface area contributed by atoms with Crippen LogP contribution in [0.3, 0.4) is 0 Å². The van der Waals surface area contributed by atoms with Crippen molar-refractivity contribution in [2.75, 3.05) is 26.2 Å². The zero-order chi connectivity index (χ0) is 14.4. The number of nitrogens with zero attached hydrogens (tertiary/aromatic N) is 1. The van der Waals surface area contributed by atoms with Gasteiger partial charge in [-0.2, -0.15) is 0 Å². The number of aliphatic hydroxyl groups excluding tert-OH is 1. The van der Waals surface area contributed by atoms with E-state index in [2.05, 4.69) is 11.8 Å². The Morgan fingerprint density at radius 1 is 1.23 bits per heavy atom. The molecule has 1 heterocycles. The molecule has 0 radical (unpaired) electrons. The quantitative estimate of drug-likeness (QED) is 0.827. The Labute approximate surface area is 150 Å². The van der Waals surface area contributed by atoms with Crippen molar-refractivity contribution in [1.82, 2.24) is 4.90 Å². The lowest BCUT2D eigenvalue weighted by atomic mass is 9.99. The summed E-state index contributed by atoms with van der Waals surface area (Å²) in [6, 6.07) is 7.60. The number of likely N-dealkylation sites (tertiary alicyclic amines) is 1. The first-order chi connectivity index (χ1) is 9.63. The molecule has 0 amide bonds. The highest BCUT2D eigenvalue weighted by Gasteiger charge is 2.18. The molecule has 1 unspecified atom stereocenters. The SMILES string of the molecule is CC1CCN(CC(O)COCc2ccc(Cl)cc2)CC1.Cl.Cl. The number of aliphatic hydroxyl groups is 1. The van der Waals surface area contributed by atoms with Gasteiger partial charge in [0, 0.05) is 11.6 Å². The Morgan fingerprint density at radius 3 is 2.41 bits per heavy atom. The number of benzene rings is 1. The molecule has 1 N–H and O–H groups in total. The third-order valence-corrected chi connectivity index (χ3v) is 4.09. The summed E-state index contributed by atoms with van der Waals surface area (Å²) in [6.45, 7) is 6.10. The number of ether oxygens (including phenoxy) is 1. The second-order valence-corrected chi connectivity index (χ2v) is 6.21. The summed E-state index contributed by atoms with van der Waals surface area (Å²) >= 11 is 5.83. The van der Waals surface area contributed by atoms with Crippen LogP contribution in [-0.4, -0.2) is 42.4 Å². The van der Waals surface area contributed by atoms with Crippen LogP contribution in [0, 0.1) is 5.92 Å². The number of hydrogen-bond donors (Lipinski definition) is 1. The molecule has 0 saturated carbocycles. The average Bonchev–Trinajstić information content (AvgIpc) is 2.44. The maximum atomic E-state index is 10.0. The van der Waals surface area contributed by atoms with Crippen molar-refractivity contribution in [3.8, 4) is 0 Å². The van der Waals surface area contributed by atoms with Crippen LogP contribution in [0.4, 0.5) is 0 Å². The van der Waals surface area contributed by atoms with Gasteiger partial charge in [0.25, 0.3) is 0 Å². The predicted octanol–water partition coefficient (Wildman–Crippen LogP) is 3.79. The van der Waals surface area contributed by atoms with Gasteiger partial charge < -0.3 is 14.7 Å². The molecule has 0 aliphatic carbocycles. The first kappa shape index (κ1) is 22.0. The fourth-order valence-electron chi connectivity index (χ4n) is 2.49. The van der Waals surface area contributed by atoms with E-state index < -0.39 is 6.10 Å². The summed E-state index contributed by atoms with van der Waals surface area (Å²) < 4.78 is 5.56. The summed E-state index contributed by atoms with van der Waals surface area (Å²) in [5.41, 5.74) is 1.08. The molecule has 1 aliphatic rings. The molecular weight excluding hydrogens is 345 g/mol. The van der Waals surface area contributed by atoms with E-state index in [1.807, 2.05) is 24.3 Å². The van der Waals surface area contributed by atoms with Crippen LogP contribution in [-0.2, 0) is 11.3 Å². The molecule has 22 heavy (non-hydrogen) atoms. The lowest BCUT2D eigenvalue weighted by molar-refractivity contribution is 0.00497. The standard InChI is InChI=1S/C16H24ClNO2.2ClH/c1-13-6-8-18(9-7-13)10-16(19)12-20-11-14-2-4-15(17)5-3-14;;/h2-5,13,16,19H,6-12H2,1H3;2*1H. The van der Waals surface area contributed by atoms with Gasteiger partial charge in [0.15, 0.2) is 0 Å². The van der Waals surface area contributed by atoms with Gasteiger partial charge in [-0.15, -0.1) is 24.8 Å². The average molecular weight is 371 g/mol. The summed E-state index contributed by atoms with van der Waals surface area (Å²) in [6.07, 6.45) is 2.06. The molecule has 6 heteroatoms. The zero-order valence-electron chi connectivity index (χ0n) is 12.9. The van der Waals surface area contributed by atoms with E-state index in [-0.39, 0.29) is 24.8 Å². The van der Waals surface area contributed by atoms with Crippen molar-refractivity contribution in [2.24, 2.45) is 5.92 Å². The largest absolute Gasteiger partial charge is 0.389 e. The smallest absolute Gasteiger partial charge is 0.0900 e. The van der Waals surface area contributed by atoms with Crippen LogP contribution in [0.25, 0.3) is 0 Å². The van der Waals surface area contributed by atoms with Crippen LogP contribution < -0.4 is 0 Å². The van der Waals surface area contributed by atoms with Crippen LogP contribution in [0.1, 0.15) is 25.3 Å². The van der Waals surface area contributed by atoms with Crippen LogP contribution in [0.2, 0.25) is 5.02 Å². The van der Waals surface area contributed by atoms with Gasteiger partial charge in [-0.3, -0.25) is 0 Å². The van der Waals surface area contributed by atoms with Gasteiger partial charge in [0.2, 0.25) is 0 Å². The maximum absolute atomic E-state index is 10.0. The fourth-order valence-corrected chi connectivity index (χ4v) is 2.61. The predicted molar refractivity (Wildman–Crippen MR) is 96.4 cm³/mol. The van der Waals surface area contributed by atoms with E-state index in [4.69, 9.17) is 16.3 Å². The van der Waals surface area contributed by atoms with Gasteiger partial charge in [-0.25, -0.2) is 0 Å². The number of rotatable bonds is 6. The third-order valence-electron chi connectivity index (χ3n) is 3.84. The molecule has 128 valence electrons. The Kier molecular flexibility index (Phi) is 11.5. The normalized spacial score (nSPS) is 17.4. The minimum Gasteiger partial charge on any atom is -0.389 e. The van der Waals surface area contributed by atoms with Gasteiger partial charge in [-0.05, 0) is 49.5 Å². The van der Waals surface area contributed by atoms with Gasteiger partial charge >= 0.3 is 0 Å². The monoisotopic (exact) mass is 369 g/mol. The minimum atomic E-state index is -0.407. The Morgan fingerprint density at radius 2 is 1.82 bits per heavy atom. The molecule has 1 saturated heterocycles. The number of β-amino-alcohol motifs (C(OH)–C–C–N with tert-alkyl or cyclic N) is 1. The molecule has 3 nitrogen and oxygen atoms in total. The molecule has 0 aromatic heterocycles. The van der Waals surface area contributed by atoms with Gasteiger partial charge in [-0.1, -0.05) is 30.7 Å². The van der Waals surface area contributed by atoms with Crippen LogP contribution in [0.15, 0.2) is 24.3 Å². The van der Waals surface area contributed by atoms with E-state index in [1.54, 1.807) is 0 Å². The molecule has 1 aliphatic heterocycles. The topological polar surface area (TPSA) is 32.7 Å². The lowest BCUT2D eigenvalue weighted by Crippen LogP contribution is -2.39. The summed E-state index contributed by atoms with van der Waals surface area (Å²) in [7, 11) is 0. The highest BCUT2D eigenvalue weighted by atomic mass is 35.5. The summed E-state index contributed by atoms with van der Waals surface area (Å²) in [5.74, 6) is 0.824. The van der Waals surface area contributed by atoms with Crippen LogP contribution >= 0.6 is 36.4 Å². The second-order valence-electron chi connectivity index (χ2n) is 5.78. The molecule has 0 bridgehead atoms. The van der Waals surface area contributed by atoms with Gasteiger partial charge in [0.05, 0.1) is 19.3 Å². The lowest BCUT2D eigenvalue weighted by Gasteiger charge is -2.31. The van der Waals surface area contributed by atoms with E-state index in [9.17, 15) is 5.11 Å². The number of hydrogen-bond acceptors (Lipinski definition) is 3. The summed E-state index contributed by atoms with van der Waals surface area (Å²) in [4.78, 5) is 2.33. The minimum absolute atomic E-state index is 0. The maximum Gasteiger partial charge on any atom is 0.0900 e. The van der Waals surface area contributed by atoms with Gasteiger partial charge in [0.1, 0.15) is 0 Å². The van der Waals surface area contributed by atoms with Crippen molar-refractivity contribution >= 4 is 36.4 Å². The summed E-state index contributed by atoms with van der Waals surface area (Å²) in [5, 5.41) is 10.7. The Bertz CT molecular complexity index is 395. The van der Waals surface area contributed by atoms with E-state index in [1.165, 1.54) is 12.8 Å². The van der Waals surface area contributed by atoms with Crippen molar-refractivity contribution in [2.45, 2.75) is 32.5 Å². The molecule has 1 fully saturated rings. The first-order valence-electron chi connectivity index (χ1n) is 7.36. The fraction of sp³-hybridized carbons (Fsp3) is 0.625. The highest BCUT2D eigenvalue weighted by Crippen LogP contribution is 2.16. The molecule has 1 atom stereocenters. The molecular formula is C16H26Cl3NO2. The first-order valence-corrected chi connectivity index (χ1v) is 7.74. The second kappa shape index (κ2) is 11.5. The Hall–Kier alpha value is -0.0300. The number of piperidine rings is 1. The molecule has 0 spiro atoms. The van der Waals surface area contributed by atoms with Crippen molar-refractivity contribution < 1.29 is 9.84 Å². The molecule has 1 aromatic carbocycles. The van der Waals surface area contributed by atoms with E-state index >= 15 is 0 Å². The molecule has 2 rings (SSSR count). The number of halogens is 3. The van der Waals surface area contributed by atoms with Crippen molar-refractivity contribution in [3.63, 3.8) is 0 Å². The van der Waals surface area contributed by atoms with E-state index in [0.29, 0.717) is 19.8 Å². The van der Waals surface area contributed by atoms with Crippen molar-refractivity contribution in [1.29, 1.82) is 0 Å². The van der Waals surface area contributed by atoms with Crippen molar-refractivity contribution in [3.05, 3.63) is 34.9 Å². The van der Waals surface area contributed by atoms with Crippen LogP contribution in [0.5, 0.6) is 0 Å². The zero-order valence-corrected chi connectivity index (χ0v) is 15.3. The third kappa shape index (κ3) is 8.00. The Balaban J connectivity index is 0.00000220.